The second-order valence-corrected chi connectivity index (χ2v) is 7.64. The number of nitrogens with one attached hydrogen (secondary N) is 1. The molecular weight excluding hydrogens is 298 g/mol. The molecule has 1 aromatic rings. The molecule has 1 heterocycles. The van der Waals surface area contributed by atoms with Crippen LogP contribution in [0.3, 0.4) is 0 Å². The summed E-state index contributed by atoms with van der Waals surface area (Å²) in [6.07, 6.45) is 1.89. The molecule has 4 nitrogen and oxygen atoms in total. The van der Waals surface area contributed by atoms with E-state index in [-0.39, 0.29) is 28.1 Å². The van der Waals surface area contributed by atoms with Gasteiger partial charge in [-0.05, 0) is 52.3 Å². The fourth-order valence-corrected chi connectivity index (χ4v) is 2.75. The average molecular weight is 323 g/mol. The molecule has 0 saturated heterocycles. The molecule has 120 valence electrons. The summed E-state index contributed by atoms with van der Waals surface area (Å²) in [5.41, 5.74) is 0.864. The molecule has 0 radical (unpaired) electrons. The summed E-state index contributed by atoms with van der Waals surface area (Å²) in [6.45, 7) is 10.7. The Morgan fingerprint density at radius 3 is 2.41 bits per heavy atom. The van der Waals surface area contributed by atoms with Crippen LogP contribution in [-0.4, -0.2) is 35.0 Å². The maximum atomic E-state index is 12.8. The number of urea groups is 1. The van der Waals surface area contributed by atoms with Crippen LogP contribution in [0.25, 0.3) is 0 Å². The molecule has 1 N–H and O–H groups in total. The number of nitrogens with zero attached hydrogens (tertiary/aromatic N) is 2. The first kappa shape index (κ1) is 17.0. The predicted octanol–water partition coefficient (Wildman–Crippen LogP) is 4.16. The van der Waals surface area contributed by atoms with Gasteiger partial charge >= 0.3 is 6.03 Å². The van der Waals surface area contributed by atoms with Crippen LogP contribution in [0.15, 0.2) is 29.4 Å². The number of hydrogen-bond donors (Lipinski definition) is 1. The van der Waals surface area contributed by atoms with Gasteiger partial charge in [0.2, 0.25) is 0 Å². The minimum absolute atomic E-state index is 0.0461. The molecule has 2 rings (SSSR count). The molecule has 5 heteroatoms. The van der Waals surface area contributed by atoms with Crippen LogP contribution in [-0.2, 0) is 0 Å². The summed E-state index contributed by atoms with van der Waals surface area (Å²) in [5.74, 6) is 0.130. The first-order valence-electron chi connectivity index (χ1n) is 7.66. The minimum atomic E-state index is -0.273. The molecule has 1 aromatic carbocycles. The van der Waals surface area contributed by atoms with E-state index in [4.69, 9.17) is 11.6 Å². The lowest BCUT2D eigenvalue weighted by atomic mass is 10.00. The molecule has 0 spiro atoms. The van der Waals surface area contributed by atoms with Crippen molar-refractivity contribution in [2.45, 2.75) is 52.1 Å². The first-order valence-corrected chi connectivity index (χ1v) is 8.03. The third-order valence-corrected chi connectivity index (χ3v) is 4.17. The van der Waals surface area contributed by atoms with E-state index in [0.29, 0.717) is 11.6 Å². The molecule has 0 aromatic heterocycles. The zero-order valence-corrected chi connectivity index (χ0v) is 14.7. The highest BCUT2D eigenvalue weighted by molar-refractivity contribution is 6.30. The normalized spacial score (nSPS) is 24.8. The molecule has 0 bridgehead atoms. The zero-order chi connectivity index (χ0) is 16.5. The highest BCUT2D eigenvalue weighted by Gasteiger charge is 2.47. The summed E-state index contributed by atoms with van der Waals surface area (Å²) < 4.78 is 0.0879. The fourth-order valence-electron chi connectivity index (χ4n) is 2.63. The van der Waals surface area contributed by atoms with Gasteiger partial charge in [-0.2, -0.15) is 0 Å². The van der Waals surface area contributed by atoms with Crippen molar-refractivity contribution in [3.05, 3.63) is 34.9 Å². The SMILES string of the molecule is CC(C)[N+]1(C(=O)NC(C)(C)C)CC(c2ccc(Cl)cc2)C=N1. The van der Waals surface area contributed by atoms with Gasteiger partial charge in [-0.25, -0.2) is 4.79 Å². The van der Waals surface area contributed by atoms with Crippen LogP contribution in [0.2, 0.25) is 5.02 Å². The monoisotopic (exact) mass is 322 g/mol. The van der Waals surface area contributed by atoms with Crippen molar-refractivity contribution in [1.29, 1.82) is 0 Å². The van der Waals surface area contributed by atoms with E-state index >= 15 is 0 Å². The van der Waals surface area contributed by atoms with Crippen molar-refractivity contribution in [1.82, 2.24) is 5.32 Å². The fraction of sp³-hybridized carbons (Fsp3) is 0.529. The lowest BCUT2D eigenvalue weighted by Gasteiger charge is -2.33. The van der Waals surface area contributed by atoms with Crippen LogP contribution in [0, 0.1) is 0 Å². The second-order valence-electron chi connectivity index (χ2n) is 7.21. The summed E-state index contributed by atoms with van der Waals surface area (Å²) in [7, 11) is 0. The van der Waals surface area contributed by atoms with E-state index in [9.17, 15) is 4.79 Å². The molecule has 0 saturated carbocycles. The van der Waals surface area contributed by atoms with Crippen LogP contribution < -0.4 is 5.32 Å². The number of hydrogen-bond acceptors (Lipinski definition) is 2. The topological polar surface area (TPSA) is 41.5 Å². The van der Waals surface area contributed by atoms with Gasteiger partial charge in [-0.1, -0.05) is 28.8 Å². The van der Waals surface area contributed by atoms with Gasteiger partial charge in [0.15, 0.2) is 0 Å². The van der Waals surface area contributed by atoms with Crippen molar-refractivity contribution in [2.24, 2.45) is 5.10 Å². The smallest absolute Gasteiger partial charge is 0.299 e. The summed E-state index contributed by atoms with van der Waals surface area (Å²) in [5, 5.41) is 8.38. The Labute approximate surface area is 137 Å². The Kier molecular flexibility index (Phi) is 4.64. The summed E-state index contributed by atoms with van der Waals surface area (Å²) in [4.78, 5) is 12.8. The Balaban J connectivity index is 2.23. The number of amides is 2. The van der Waals surface area contributed by atoms with Gasteiger partial charge in [0.1, 0.15) is 12.6 Å². The molecule has 2 amide bonds. The van der Waals surface area contributed by atoms with Crippen molar-refractivity contribution < 1.29 is 9.39 Å². The molecule has 0 fully saturated rings. The van der Waals surface area contributed by atoms with Gasteiger partial charge < -0.3 is 0 Å². The Morgan fingerprint density at radius 2 is 1.91 bits per heavy atom. The minimum Gasteiger partial charge on any atom is -0.299 e. The number of carbonyl (C=O) groups is 1. The van der Waals surface area contributed by atoms with Gasteiger partial charge in [-0.15, -0.1) is 4.59 Å². The molecule has 0 aliphatic carbocycles. The molecule has 22 heavy (non-hydrogen) atoms. The van der Waals surface area contributed by atoms with Crippen LogP contribution in [0.1, 0.15) is 46.1 Å². The number of benzene rings is 1. The van der Waals surface area contributed by atoms with Gasteiger partial charge in [0.25, 0.3) is 0 Å². The van der Waals surface area contributed by atoms with Gasteiger partial charge in [-0.3, -0.25) is 5.32 Å². The molecule has 1 aliphatic rings. The Hall–Kier alpha value is -1.39. The van der Waals surface area contributed by atoms with Crippen LogP contribution in [0.5, 0.6) is 0 Å². The standard InChI is InChI=1S/C17H24ClN3O/c1-12(2)21(16(22)20-17(3,4)5)11-14(10-19-21)13-6-8-15(18)9-7-13/h6-10,12,14H,11H2,1-5H3/p+1. The molecule has 1 aliphatic heterocycles. The van der Waals surface area contributed by atoms with Gasteiger partial charge in [0, 0.05) is 10.6 Å². The number of carbonyl (C=O) groups excluding carboxylic acids is 1. The lowest BCUT2D eigenvalue weighted by Crippen LogP contribution is -2.60. The largest absolute Gasteiger partial charge is 0.443 e. The highest BCUT2D eigenvalue weighted by Crippen LogP contribution is 2.30. The summed E-state index contributed by atoms with van der Waals surface area (Å²) in [6, 6.07) is 7.79. The van der Waals surface area contributed by atoms with Gasteiger partial charge in [0.05, 0.1) is 12.1 Å². The Bertz CT molecular complexity index is 575. The number of rotatable bonds is 2. The first-order chi connectivity index (χ1) is 10.1. The number of quaternary nitrogens is 1. The molecule has 2 atom stereocenters. The van der Waals surface area contributed by atoms with Crippen molar-refractivity contribution in [3.8, 4) is 0 Å². The van der Waals surface area contributed by atoms with Crippen molar-refractivity contribution in [2.75, 3.05) is 6.54 Å². The quantitative estimate of drug-likeness (QED) is 0.816. The maximum Gasteiger partial charge on any atom is 0.443 e. The van der Waals surface area contributed by atoms with Crippen molar-refractivity contribution in [3.63, 3.8) is 0 Å². The van der Waals surface area contributed by atoms with Crippen molar-refractivity contribution >= 4 is 23.8 Å². The Morgan fingerprint density at radius 1 is 1.32 bits per heavy atom. The third kappa shape index (κ3) is 3.50. The van der Waals surface area contributed by atoms with E-state index in [1.165, 1.54) is 0 Å². The molecular formula is C17H25ClN3O+. The predicted molar refractivity (Wildman–Crippen MR) is 91.2 cm³/mol. The second kappa shape index (κ2) is 6.01. The van der Waals surface area contributed by atoms with Crippen LogP contribution in [0.4, 0.5) is 4.79 Å². The van der Waals surface area contributed by atoms with E-state index in [1.54, 1.807) is 0 Å². The van der Waals surface area contributed by atoms with E-state index in [2.05, 4.69) is 10.4 Å². The maximum absolute atomic E-state index is 12.8. The molecule has 2 unspecified atom stereocenters. The number of halogens is 1. The summed E-state index contributed by atoms with van der Waals surface area (Å²) >= 11 is 5.95. The van der Waals surface area contributed by atoms with E-state index in [1.807, 2.05) is 65.1 Å². The van der Waals surface area contributed by atoms with Crippen LogP contribution >= 0.6 is 11.6 Å². The lowest BCUT2D eigenvalue weighted by molar-refractivity contribution is -0.873. The average Bonchev–Trinajstić information content (AvgIpc) is 2.84. The highest BCUT2D eigenvalue weighted by atomic mass is 35.5. The van der Waals surface area contributed by atoms with E-state index in [0.717, 1.165) is 5.56 Å². The zero-order valence-electron chi connectivity index (χ0n) is 13.9. The third-order valence-electron chi connectivity index (χ3n) is 3.91. The van der Waals surface area contributed by atoms with E-state index < -0.39 is 0 Å².